The summed E-state index contributed by atoms with van der Waals surface area (Å²) >= 11 is 0. The van der Waals surface area contributed by atoms with E-state index in [-0.39, 0.29) is 0 Å². The first-order chi connectivity index (χ1) is 10.3. The van der Waals surface area contributed by atoms with E-state index in [1.807, 2.05) is 18.2 Å². The Balaban J connectivity index is 2.22. The van der Waals surface area contributed by atoms with E-state index >= 15 is 0 Å². The Kier molecular flexibility index (Phi) is 3.64. The molecule has 0 saturated carbocycles. The van der Waals surface area contributed by atoms with Gasteiger partial charge in [-0.15, -0.1) is 0 Å². The van der Waals surface area contributed by atoms with Crippen molar-refractivity contribution >= 4 is 23.0 Å². The van der Waals surface area contributed by atoms with Gasteiger partial charge < -0.3 is 14.4 Å². The maximum atomic E-state index is 11.4. The minimum atomic E-state index is 0.611. The number of nitrogens with zero attached hydrogens (tertiary/aromatic N) is 2. The SMILES string of the molecule is COc1cc(OC)c2nc(N3CCCC3)c(C=O)cc2c1. The fourth-order valence-electron chi connectivity index (χ4n) is 2.78. The number of carbonyl (C=O) groups excluding carboxylic acids is 1. The molecule has 0 aliphatic carbocycles. The van der Waals surface area contributed by atoms with Crippen molar-refractivity contribution in [1.29, 1.82) is 0 Å². The zero-order chi connectivity index (χ0) is 14.8. The molecule has 1 fully saturated rings. The fourth-order valence-corrected chi connectivity index (χ4v) is 2.78. The second-order valence-electron chi connectivity index (χ2n) is 5.11. The van der Waals surface area contributed by atoms with Crippen molar-refractivity contribution in [2.24, 2.45) is 0 Å². The van der Waals surface area contributed by atoms with Crippen molar-refractivity contribution in [2.45, 2.75) is 12.8 Å². The molecule has 1 saturated heterocycles. The molecule has 0 amide bonds. The second kappa shape index (κ2) is 5.60. The first-order valence-electron chi connectivity index (χ1n) is 7.03. The molecule has 0 atom stereocenters. The van der Waals surface area contributed by atoms with Crippen LogP contribution in [-0.2, 0) is 0 Å². The summed E-state index contributed by atoms with van der Waals surface area (Å²) in [6, 6.07) is 5.53. The molecule has 1 aliphatic heterocycles. The molecule has 2 aromatic rings. The lowest BCUT2D eigenvalue weighted by molar-refractivity contribution is 0.112. The summed E-state index contributed by atoms with van der Waals surface area (Å²) in [6.07, 6.45) is 3.14. The number of anilines is 1. The van der Waals surface area contributed by atoms with Crippen LogP contribution in [0.5, 0.6) is 11.5 Å². The molecule has 0 N–H and O–H groups in total. The molecule has 2 heterocycles. The minimum absolute atomic E-state index is 0.611. The molecule has 0 unspecified atom stereocenters. The highest BCUT2D eigenvalue weighted by atomic mass is 16.5. The van der Waals surface area contributed by atoms with Crippen LogP contribution in [0.4, 0.5) is 5.82 Å². The summed E-state index contributed by atoms with van der Waals surface area (Å²) < 4.78 is 10.7. The van der Waals surface area contributed by atoms with Crippen molar-refractivity contribution in [1.82, 2.24) is 4.98 Å². The van der Waals surface area contributed by atoms with E-state index in [0.29, 0.717) is 17.1 Å². The van der Waals surface area contributed by atoms with Crippen molar-refractivity contribution in [3.63, 3.8) is 0 Å². The topological polar surface area (TPSA) is 51.7 Å². The van der Waals surface area contributed by atoms with Gasteiger partial charge in [-0.2, -0.15) is 0 Å². The zero-order valence-electron chi connectivity index (χ0n) is 12.3. The van der Waals surface area contributed by atoms with Crippen LogP contribution in [0.3, 0.4) is 0 Å². The molecule has 1 aromatic carbocycles. The number of rotatable bonds is 4. The minimum Gasteiger partial charge on any atom is -0.497 e. The molecule has 0 spiro atoms. The normalized spacial score (nSPS) is 14.5. The molecular formula is C16H18N2O3. The summed E-state index contributed by atoms with van der Waals surface area (Å²) in [6.45, 7) is 1.88. The molecule has 0 bridgehead atoms. The van der Waals surface area contributed by atoms with E-state index in [2.05, 4.69) is 9.88 Å². The molecule has 5 nitrogen and oxygen atoms in total. The van der Waals surface area contributed by atoms with E-state index in [9.17, 15) is 4.79 Å². The first kappa shape index (κ1) is 13.7. The lowest BCUT2D eigenvalue weighted by Crippen LogP contribution is -2.20. The van der Waals surface area contributed by atoms with Crippen LogP contribution < -0.4 is 14.4 Å². The summed E-state index contributed by atoms with van der Waals surface area (Å²) in [5.74, 6) is 2.09. The Morgan fingerprint density at radius 3 is 2.52 bits per heavy atom. The van der Waals surface area contributed by atoms with Gasteiger partial charge in [0.25, 0.3) is 0 Å². The summed E-state index contributed by atoms with van der Waals surface area (Å²) in [5, 5.41) is 0.844. The molecule has 21 heavy (non-hydrogen) atoms. The van der Waals surface area contributed by atoms with Crippen LogP contribution in [0.2, 0.25) is 0 Å². The number of aldehydes is 1. The number of benzene rings is 1. The van der Waals surface area contributed by atoms with Gasteiger partial charge in [-0.05, 0) is 25.0 Å². The average molecular weight is 286 g/mol. The molecule has 0 radical (unpaired) electrons. The predicted octanol–water partition coefficient (Wildman–Crippen LogP) is 2.66. The van der Waals surface area contributed by atoms with Crippen LogP contribution in [0.1, 0.15) is 23.2 Å². The van der Waals surface area contributed by atoms with Crippen LogP contribution >= 0.6 is 0 Å². The zero-order valence-corrected chi connectivity index (χ0v) is 12.3. The van der Waals surface area contributed by atoms with Gasteiger partial charge in [0, 0.05) is 24.5 Å². The van der Waals surface area contributed by atoms with E-state index in [1.165, 1.54) is 0 Å². The maximum absolute atomic E-state index is 11.4. The van der Waals surface area contributed by atoms with Crippen LogP contribution in [0.15, 0.2) is 18.2 Å². The van der Waals surface area contributed by atoms with Crippen LogP contribution in [-0.4, -0.2) is 38.6 Å². The Bertz CT molecular complexity index is 679. The number of methoxy groups -OCH3 is 2. The molecule has 1 aromatic heterocycles. The van der Waals surface area contributed by atoms with E-state index in [0.717, 1.165) is 48.9 Å². The molecular weight excluding hydrogens is 268 g/mol. The van der Waals surface area contributed by atoms with Crippen molar-refractivity contribution in [2.75, 3.05) is 32.2 Å². The maximum Gasteiger partial charge on any atom is 0.153 e. The number of hydrogen-bond acceptors (Lipinski definition) is 5. The quantitative estimate of drug-likeness (QED) is 0.809. The van der Waals surface area contributed by atoms with Gasteiger partial charge in [-0.25, -0.2) is 4.98 Å². The molecule has 3 rings (SSSR count). The van der Waals surface area contributed by atoms with Gasteiger partial charge in [0.05, 0.1) is 19.8 Å². The number of fused-ring (bicyclic) bond motifs is 1. The number of carbonyl (C=O) groups is 1. The van der Waals surface area contributed by atoms with E-state index in [4.69, 9.17) is 9.47 Å². The van der Waals surface area contributed by atoms with Gasteiger partial charge in [0.1, 0.15) is 22.8 Å². The van der Waals surface area contributed by atoms with Crippen molar-refractivity contribution in [3.05, 3.63) is 23.8 Å². The number of pyridine rings is 1. The first-order valence-corrected chi connectivity index (χ1v) is 7.03. The second-order valence-corrected chi connectivity index (χ2v) is 5.11. The van der Waals surface area contributed by atoms with Gasteiger partial charge in [0.15, 0.2) is 6.29 Å². The predicted molar refractivity (Wildman–Crippen MR) is 81.7 cm³/mol. The van der Waals surface area contributed by atoms with Gasteiger partial charge in [-0.1, -0.05) is 0 Å². The van der Waals surface area contributed by atoms with Crippen molar-refractivity contribution in [3.8, 4) is 11.5 Å². The number of hydrogen-bond donors (Lipinski definition) is 0. The molecule has 5 heteroatoms. The van der Waals surface area contributed by atoms with Crippen molar-refractivity contribution < 1.29 is 14.3 Å². The lowest BCUT2D eigenvalue weighted by Gasteiger charge is -2.19. The van der Waals surface area contributed by atoms with E-state index < -0.39 is 0 Å². The third-order valence-corrected chi connectivity index (χ3v) is 3.85. The largest absolute Gasteiger partial charge is 0.497 e. The highest BCUT2D eigenvalue weighted by molar-refractivity contribution is 5.95. The molecule has 1 aliphatic rings. The summed E-state index contributed by atoms with van der Waals surface area (Å²) in [5.41, 5.74) is 1.37. The smallest absolute Gasteiger partial charge is 0.153 e. The van der Waals surface area contributed by atoms with Crippen LogP contribution in [0.25, 0.3) is 10.9 Å². The molecule has 110 valence electrons. The highest BCUT2D eigenvalue weighted by Gasteiger charge is 2.19. The van der Waals surface area contributed by atoms with E-state index in [1.54, 1.807) is 14.2 Å². The summed E-state index contributed by atoms with van der Waals surface area (Å²) in [4.78, 5) is 18.3. The number of ether oxygens (including phenoxy) is 2. The Labute approximate surface area is 123 Å². The fraction of sp³-hybridized carbons (Fsp3) is 0.375. The Morgan fingerprint density at radius 2 is 1.90 bits per heavy atom. The Hall–Kier alpha value is -2.30. The van der Waals surface area contributed by atoms with Gasteiger partial charge in [-0.3, -0.25) is 4.79 Å². The lowest BCUT2D eigenvalue weighted by atomic mass is 10.1. The van der Waals surface area contributed by atoms with Gasteiger partial charge >= 0.3 is 0 Å². The standard InChI is InChI=1S/C16H18N2O3/c1-20-13-8-11-7-12(10-19)16(18-5-3-4-6-18)17-15(11)14(9-13)21-2/h7-10H,3-6H2,1-2H3. The van der Waals surface area contributed by atoms with Gasteiger partial charge in [0.2, 0.25) is 0 Å². The number of aromatic nitrogens is 1. The third-order valence-electron chi connectivity index (χ3n) is 3.85. The monoisotopic (exact) mass is 286 g/mol. The van der Waals surface area contributed by atoms with Crippen LogP contribution in [0, 0.1) is 0 Å². The summed E-state index contributed by atoms with van der Waals surface area (Å²) in [7, 11) is 3.21. The highest BCUT2D eigenvalue weighted by Crippen LogP contribution is 2.33. The Morgan fingerprint density at radius 1 is 1.14 bits per heavy atom. The average Bonchev–Trinajstić information content (AvgIpc) is 3.06. The third kappa shape index (κ3) is 2.39.